The Hall–Kier alpha value is -1.68. The lowest BCUT2D eigenvalue weighted by atomic mass is 10.1. The van der Waals surface area contributed by atoms with Crippen molar-refractivity contribution in [2.45, 2.75) is 107 Å². The molecule has 0 amide bonds. The summed E-state index contributed by atoms with van der Waals surface area (Å²) in [5.41, 5.74) is 8.04. The van der Waals surface area contributed by atoms with E-state index in [1.54, 1.807) is 0 Å². The number of hydrogen-bond acceptors (Lipinski definition) is 3. The topological polar surface area (TPSA) is 27.7 Å². The predicted octanol–water partition coefficient (Wildman–Crippen LogP) is 9.40. The number of hydrogen-bond donors (Lipinski definition) is 0. The fourth-order valence-corrected chi connectivity index (χ4v) is 3.02. The zero-order chi connectivity index (χ0) is 25.8. The number of ether oxygens (including phenoxy) is 3. The van der Waals surface area contributed by atoms with E-state index in [0.717, 1.165) is 38.5 Å². The molecule has 0 radical (unpaired) electrons. The van der Waals surface area contributed by atoms with E-state index < -0.39 is 6.48 Å². The highest BCUT2D eigenvalue weighted by molar-refractivity contribution is 5.04. The first-order valence-corrected chi connectivity index (χ1v) is 12.8. The van der Waals surface area contributed by atoms with Crippen molar-refractivity contribution in [1.29, 1.82) is 0 Å². The van der Waals surface area contributed by atoms with Gasteiger partial charge in [0.2, 0.25) is 0 Å². The maximum Gasteiger partial charge on any atom is 0.272 e. The lowest BCUT2D eigenvalue weighted by Gasteiger charge is -2.17. The van der Waals surface area contributed by atoms with Gasteiger partial charge in [0.15, 0.2) is 0 Å². The van der Waals surface area contributed by atoms with Crippen molar-refractivity contribution in [3.8, 4) is 0 Å². The molecule has 0 aromatic carbocycles. The molecular formula is C31H52O3. The van der Waals surface area contributed by atoms with E-state index in [1.807, 2.05) is 0 Å². The van der Waals surface area contributed by atoms with E-state index >= 15 is 0 Å². The summed E-state index contributed by atoms with van der Waals surface area (Å²) in [6.45, 7) is 20.0. The van der Waals surface area contributed by atoms with Crippen LogP contribution in [0.1, 0.15) is 101 Å². The molecule has 0 saturated carbocycles. The Morgan fingerprint density at radius 2 is 0.706 bits per heavy atom. The van der Waals surface area contributed by atoms with E-state index in [9.17, 15) is 0 Å². The van der Waals surface area contributed by atoms with Crippen LogP contribution in [-0.4, -0.2) is 26.3 Å². The minimum atomic E-state index is -0.675. The smallest absolute Gasteiger partial charge is 0.272 e. The first kappa shape index (κ1) is 32.3. The number of rotatable bonds is 18. The molecule has 0 heterocycles. The molecule has 0 rings (SSSR count). The zero-order valence-corrected chi connectivity index (χ0v) is 23.6. The lowest BCUT2D eigenvalue weighted by Crippen LogP contribution is -2.22. The van der Waals surface area contributed by atoms with Gasteiger partial charge in [-0.3, -0.25) is 0 Å². The quantitative estimate of drug-likeness (QED) is 0.147. The SMILES string of the molecule is CC(C)=CCC/C(C)=C/COC(OC/C=C(\C)CCC=C(C)C)OC/C=C(\C)CCC=C(C)C. The van der Waals surface area contributed by atoms with Crippen molar-refractivity contribution >= 4 is 0 Å². The van der Waals surface area contributed by atoms with Crippen molar-refractivity contribution in [2.24, 2.45) is 0 Å². The Morgan fingerprint density at radius 1 is 0.441 bits per heavy atom. The largest absolute Gasteiger partial charge is 0.326 e. The van der Waals surface area contributed by atoms with Crippen LogP contribution in [0, 0.1) is 0 Å². The van der Waals surface area contributed by atoms with Gasteiger partial charge in [-0.2, -0.15) is 0 Å². The minimum Gasteiger partial charge on any atom is -0.326 e. The average Bonchev–Trinajstić information content (AvgIpc) is 2.72. The monoisotopic (exact) mass is 472 g/mol. The molecule has 0 aliphatic rings. The van der Waals surface area contributed by atoms with Gasteiger partial charge in [0.1, 0.15) is 0 Å². The van der Waals surface area contributed by atoms with Crippen molar-refractivity contribution in [3.63, 3.8) is 0 Å². The van der Waals surface area contributed by atoms with Crippen molar-refractivity contribution in [1.82, 2.24) is 0 Å². The Labute approximate surface area is 211 Å². The normalized spacial score (nSPS) is 12.7. The summed E-state index contributed by atoms with van der Waals surface area (Å²) in [5.74, 6) is 0. The first-order valence-electron chi connectivity index (χ1n) is 12.8. The second kappa shape index (κ2) is 20.7. The molecule has 194 valence electrons. The Balaban J connectivity index is 4.76. The molecule has 0 spiro atoms. The summed E-state index contributed by atoms with van der Waals surface area (Å²) in [4.78, 5) is 0. The maximum atomic E-state index is 5.92. The van der Waals surface area contributed by atoms with E-state index in [0.29, 0.717) is 19.8 Å². The second-order valence-electron chi connectivity index (χ2n) is 9.90. The van der Waals surface area contributed by atoms with Crippen LogP contribution in [0.4, 0.5) is 0 Å². The van der Waals surface area contributed by atoms with Crippen molar-refractivity contribution in [2.75, 3.05) is 19.8 Å². The molecule has 0 aromatic heterocycles. The summed E-state index contributed by atoms with van der Waals surface area (Å²) < 4.78 is 17.7. The van der Waals surface area contributed by atoms with Crippen molar-refractivity contribution < 1.29 is 14.2 Å². The molecule has 0 fully saturated rings. The predicted molar refractivity (Wildman–Crippen MR) is 149 cm³/mol. The third-order valence-electron chi connectivity index (χ3n) is 5.27. The summed E-state index contributed by atoms with van der Waals surface area (Å²) in [5, 5.41) is 0. The van der Waals surface area contributed by atoms with Crippen LogP contribution in [0.5, 0.6) is 0 Å². The van der Waals surface area contributed by atoms with Crippen LogP contribution in [-0.2, 0) is 14.2 Å². The summed E-state index contributed by atoms with van der Waals surface area (Å²) in [6, 6.07) is 0. The zero-order valence-electron chi connectivity index (χ0n) is 23.6. The van der Waals surface area contributed by atoms with Gasteiger partial charge in [-0.1, -0.05) is 69.9 Å². The standard InChI is InChI=1S/C31H52O3/c1-25(2)13-10-16-28(7)19-22-32-31(33-23-20-29(8)17-11-14-26(3)4)34-24-21-30(9)18-12-15-27(5)6/h13-15,19-21,31H,10-12,16-18,22-24H2,1-9H3/b28-19+,29-20+,30-21+. The maximum absolute atomic E-state index is 5.92. The van der Waals surface area contributed by atoms with E-state index in [1.165, 1.54) is 33.4 Å². The van der Waals surface area contributed by atoms with Gasteiger partial charge < -0.3 is 14.2 Å². The van der Waals surface area contributed by atoms with Crippen molar-refractivity contribution in [3.05, 3.63) is 69.9 Å². The molecule has 3 nitrogen and oxygen atoms in total. The third kappa shape index (κ3) is 22.1. The first-order chi connectivity index (χ1) is 16.1. The summed E-state index contributed by atoms with van der Waals surface area (Å²) in [6.07, 6.45) is 19.5. The van der Waals surface area contributed by atoms with Crippen LogP contribution in [0.25, 0.3) is 0 Å². The Bertz CT molecular complexity index is 620. The highest BCUT2D eigenvalue weighted by Gasteiger charge is 2.08. The van der Waals surface area contributed by atoms with Crippen LogP contribution in [0.15, 0.2) is 69.9 Å². The molecule has 34 heavy (non-hydrogen) atoms. The molecular weight excluding hydrogens is 420 g/mol. The average molecular weight is 473 g/mol. The Morgan fingerprint density at radius 3 is 0.941 bits per heavy atom. The molecule has 0 N–H and O–H groups in total. The van der Waals surface area contributed by atoms with E-state index in [2.05, 4.69) is 98.8 Å². The van der Waals surface area contributed by atoms with E-state index in [-0.39, 0.29) is 0 Å². The van der Waals surface area contributed by atoms with Crippen LogP contribution in [0.2, 0.25) is 0 Å². The van der Waals surface area contributed by atoms with Gasteiger partial charge in [-0.05, 0) is 101 Å². The van der Waals surface area contributed by atoms with Gasteiger partial charge in [-0.15, -0.1) is 0 Å². The van der Waals surface area contributed by atoms with Gasteiger partial charge in [-0.25, -0.2) is 0 Å². The van der Waals surface area contributed by atoms with Crippen LogP contribution < -0.4 is 0 Å². The summed E-state index contributed by atoms with van der Waals surface area (Å²) in [7, 11) is 0. The second-order valence-corrected chi connectivity index (χ2v) is 9.90. The highest BCUT2D eigenvalue weighted by Crippen LogP contribution is 2.11. The Kier molecular flexibility index (Phi) is 19.7. The molecule has 0 atom stereocenters. The molecule has 0 aromatic rings. The highest BCUT2D eigenvalue weighted by atomic mass is 16.8. The van der Waals surface area contributed by atoms with Gasteiger partial charge in [0.05, 0.1) is 19.8 Å². The van der Waals surface area contributed by atoms with Crippen LogP contribution >= 0.6 is 0 Å². The fraction of sp³-hybridized carbons (Fsp3) is 0.613. The van der Waals surface area contributed by atoms with Crippen LogP contribution in [0.3, 0.4) is 0 Å². The van der Waals surface area contributed by atoms with Gasteiger partial charge in [0.25, 0.3) is 6.48 Å². The minimum absolute atomic E-state index is 0.484. The number of allylic oxidation sites excluding steroid dienone is 9. The molecule has 0 bridgehead atoms. The van der Waals surface area contributed by atoms with Gasteiger partial charge in [0, 0.05) is 0 Å². The van der Waals surface area contributed by atoms with E-state index in [4.69, 9.17) is 14.2 Å². The third-order valence-corrected chi connectivity index (χ3v) is 5.27. The molecule has 0 aliphatic carbocycles. The molecule has 0 unspecified atom stereocenters. The molecule has 0 saturated heterocycles. The molecule has 0 aliphatic heterocycles. The van der Waals surface area contributed by atoms with Gasteiger partial charge >= 0.3 is 0 Å². The summed E-state index contributed by atoms with van der Waals surface area (Å²) >= 11 is 0. The molecule has 3 heteroatoms. The fourth-order valence-electron chi connectivity index (χ4n) is 3.02. The lowest BCUT2D eigenvalue weighted by molar-refractivity contribution is -0.275.